The highest BCUT2D eigenvalue weighted by molar-refractivity contribution is 5.00. The minimum absolute atomic E-state index is 1.16. The zero-order valence-corrected chi connectivity index (χ0v) is 10.8. The van der Waals surface area contributed by atoms with Gasteiger partial charge in [-0.3, -0.25) is 0 Å². The van der Waals surface area contributed by atoms with Crippen LogP contribution in [0, 0.1) is 0 Å². The fraction of sp³-hybridized carbons (Fsp3) is 0.600. The summed E-state index contributed by atoms with van der Waals surface area (Å²) in [6.45, 7) is 8.73. The van der Waals surface area contributed by atoms with Crippen LogP contribution in [0.5, 0.6) is 0 Å². The number of hydrogen-bond acceptors (Lipinski definition) is 0. The molecule has 0 bridgehead atoms. The number of unbranched alkanes of at least 4 members (excludes halogenated alkanes) is 1. The molecule has 15 heavy (non-hydrogen) atoms. The summed E-state index contributed by atoms with van der Waals surface area (Å²) < 4.78 is 0. The van der Waals surface area contributed by atoms with E-state index in [-0.39, 0.29) is 0 Å². The summed E-state index contributed by atoms with van der Waals surface area (Å²) in [6, 6.07) is 0. The van der Waals surface area contributed by atoms with Crippen LogP contribution in [0.2, 0.25) is 0 Å². The first-order valence-corrected chi connectivity index (χ1v) is 6.10. The van der Waals surface area contributed by atoms with Crippen molar-refractivity contribution in [3.63, 3.8) is 0 Å². The lowest BCUT2D eigenvalue weighted by Crippen LogP contribution is -1.75. The maximum Gasteiger partial charge on any atom is -0.0288 e. The first-order valence-electron chi connectivity index (χ1n) is 6.10. The first kappa shape index (κ1) is 14.2. The third-order valence-electron chi connectivity index (χ3n) is 2.31. The summed E-state index contributed by atoms with van der Waals surface area (Å²) in [5, 5.41) is 0. The van der Waals surface area contributed by atoms with Crippen LogP contribution in [0.15, 0.2) is 35.5 Å². The van der Waals surface area contributed by atoms with Gasteiger partial charge in [0.2, 0.25) is 0 Å². The molecule has 0 radical (unpaired) electrons. The van der Waals surface area contributed by atoms with Gasteiger partial charge >= 0.3 is 0 Å². The minimum atomic E-state index is 1.16. The van der Waals surface area contributed by atoms with Gasteiger partial charge in [-0.1, -0.05) is 42.4 Å². The quantitative estimate of drug-likeness (QED) is 0.385. The van der Waals surface area contributed by atoms with Crippen molar-refractivity contribution in [1.82, 2.24) is 0 Å². The molecule has 0 unspecified atom stereocenters. The second kappa shape index (κ2) is 9.76. The standard InChI is InChI=1S/C15H26/c1-5-11-15(4)13-10-8-6-7-9-12-14(2)3/h6,8,11-12H,5,7,9-10,13H2,1-4H3/b8-6?,15-11-. The Hall–Kier alpha value is -0.780. The number of allylic oxidation sites excluding steroid dienone is 6. The lowest BCUT2D eigenvalue weighted by molar-refractivity contribution is 0.946. The van der Waals surface area contributed by atoms with Crippen LogP contribution in [0.1, 0.15) is 59.8 Å². The van der Waals surface area contributed by atoms with Gasteiger partial charge in [-0.15, -0.1) is 0 Å². The van der Waals surface area contributed by atoms with Crippen molar-refractivity contribution in [3.8, 4) is 0 Å². The van der Waals surface area contributed by atoms with E-state index in [0.717, 1.165) is 6.42 Å². The van der Waals surface area contributed by atoms with E-state index in [4.69, 9.17) is 0 Å². The van der Waals surface area contributed by atoms with Crippen molar-refractivity contribution in [2.24, 2.45) is 0 Å². The Balaban J connectivity index is 3.47. The van der Waals surface area contributed by atoms with Crippen LogP contribution in [0.25, 0.3) is 0 Å². The van der Waals surface area contributed by atoms with Crippen LogP contribution in [0.3, 0.4) is 0 Å². The minimum Gasteiger partial charge on any atom is -0.0882 e. The van der Waals surface area contributed by atoms with Crippen molar-refractivity contribution >= 4 is 0 Å². The molecule has 0 fully saturated rings. The van der Waals surface area contributed by atoms with Crippen molar-refractivity contribution in [2.45, 2.75) is 59.8 Å². The zero-order valence-electron chi connectivity index (χ0n) is 10.8. The van der Waals surface area contributed by atoms with Crippen molar-refractivity contribution in [1.29, 1.82) is 0 Å². The van der Waals surface area contributed by atoms with Crippen LogP contribution >= 0.6 is 0 Å². The summed E-state index contributed by atoms with van der Waals surface area (Å²) >= 11 is 0. The molecule has 0 saturated carbocycles. The molecule has 0 aromatic carbocycles. The van der Waals surface area contributed by atoms with Gasteiger partial charge in [-0.05, 0) is 52.9 Å². The van der Waals surface area contributed by atoms with E-state index in [1.165, 1.54) is 36.8 Å². The van der Waals surface area contributed by atoms with E-state index < -0.39 is 0 Å². The number of hydrogen-bond donors (Lipinski definition) is 0. The van der Waals surface area contributed by atoms with E-state index >= 15 is 0 Å². The number of rotatable bonds is 7. The van der Waals surface area contributed by atoms with Crippen molar-refractivity contribution < 1.29 is 0 Å². The second-order valence-electron chi connectivity index (χ2n) is 4.33. The van der Waals surface area contributed by atoms with Gasteiger partial charge in [0.1, 0.15) is 0 Å². The van der Waals surface area contributed by atoms with E-state index in [0.29, 0.717) is 0 Å². The molecule has 0 saturated heterocycles. The summed E-state index contributed by atoms with van der Waals surface area (Å²) in [4.78, 5) is 0. The lowest BCUT2D eigenvalue weighted by atomic mass is 10.1. The molecule has 0 nitrogen and oxygen atoms in total. The monoisotopic (exact) mass is 206 g/mol. The maximum atomic E-state index is 2.32. The SMILES string of the molecule is CC/C=C(/C)CCC=CCCC=C(C)C. The highest BCUT2D eigenvalue weighted by Gasteiger charge is 1.86. The molecule has 0 rings (SSSR count). The Kier molecular flexibility index (Phi) is 9.26. The Labute approximate surface area is 95.8 Å². The molecule has 0 aromatic heterocycles. The molecule has 0 aliphatic heterocycles. The molecule has 0 aromatic rings. The Morgan fingerprint density at radius 3 is 2.13 bits per heavy atom. The third kappa shape index (κ3) is 11.1. The molecule has 0 aliphatic carbocycles. The van der Waals surface area contributed by atoms with Gasteiger partial charge in [-0.25, -0.2) is 0 Å². The summed E-state index contributed by atoms with van der Waals surface area (Å²) in [6.07, 6.45) is 15.2. The topological polar surface area (TPSA) is 0 Å². The zero-order chi connectivity index (χ0) is 11.5. The highest BCUT2D eigenvalue weighted by Crippen LogP contribution is 2.06. The van der Waals surface area contributed by atoms with Crippen molar-refractivity contribution in [2.75, 3.05) is 0 Å². The summed E-state index contributed by atoms with van der Waals surface area (Å²) in [7, 11) is 0. The van der Waals surface area contributed by atoms with Crippen molar-refractivity contribution in [3.05, 3.63) is 35.5 Å². The van der Waals surface area contributed by atoms with Gasteiger partial charge in [0.25, 0.3) is 0 Å². The molecule has 0 heterocycles. The molecular weight excluding hydrogens is 180 g/mol. The molecule has 0 amide bonds. The fourth-order valence-corrected chi connectivity index (χ4v) is 1.47. The maximum absolute atomic E-state index is 2.32. The average molecular weight is 206 g/mol. The molecule has 86 valence electrons. The highest BCUT2D eigenvalue weighted by atomic mass is 13.9. The smallest absolute Gasteiger partial charge is 0.0288 e. The average Bonchev–Trinajstić information content (AvgIpc) is 2.16. The predicted octanol–water partition coefficient (Wildman–Crippen LogP) is 5.43. The molecule has 0 N–H and O–H groups in total. The predicted molar refractivity (Wildman–Crippen MR) is 71.1 cm³/mol. The molecule has 0 aliphatic rings. The normalized spacial score (nSPS) is 12.1. The first-order chi connectivity index (χ1) is 7.16. The van der Waals surface area contributed by atoms with Crippen LogP contribution in [-0.4, -0.2) is 0 Å². The molecule has 0 spiro atoms. The summed E-state index contributed by atoms with van der Waals surface area (Å²) in [5.41, 5.74) is 2.94. The van der Waals surface area contributed by atoms with Gasteiger partial charge in [0.05, 0.1) is 0 Å². The van der Waals surface area contributed by atoms with Crippen LogP contribution < -0.4 is 0 Å². The molecule has 0 heteroatoms. The van der Waals surface area contributed by atoms with Gasteiger partial charge < -0.3 is 0 Å². The largest absolute Gasteiger partial charge is 0.0882 e. The van der Waals surface area contributed by atoms with Crippen LogP contribution in [0.4, 0.5) is 0 Å². The van der Waals surface area contributed by atoms with E-state index in [1.54, 1.807) is 0 Å². The van der Waals surface area contributed by atoms with Gasteiger partial charge in [0, 0.05) is 0 Å². The summed E-state index contributed by atoms with van der Waals surface area (Å²) in [5.74, 6) is 0. The third-order valence-corrected chi connectivity index (χ3v) is 2.31. The van der Waals surface area contributed by atoms with E-state index in [1.807, 2.05) is 0 Å². The molecular formula is C15H26. The lowest BCUT2D eigenvalue weighted by Gasteiger charge is -1.96. The van der Waals surface area contributed by atoms with E-state index in [2.05, 4.69) is 52.0 Å². The van der Waals surface area contributed by atoms with Gasteiger partial charge in [-0.2, -0.15) is 0 Å². The van der Waals surface area contributed by atoms with Crippen LogP contribution in [-0.2, 0) is 0 Å². The van der Waals surface area contributed by atoms with E-state index in [9.17, 15) is 0 Å². The molecule has 0 atom stereocenters. The Morgan fingerprint density at radius 2 is 1.53 bits per heavy atom. The Morgan fingerprint density at radius 1 is 0.867 bits per heavy atom. The second-order valence-corrected chi connectivity index (χ2v) is 4.33. The Bertz CT molecular complexity index is 224. The fourth-order valence-electron chi connectivity index (χ4n) is 1.47. The van der Waals surface area contributed by atoms with Gasteiger partial charge in [0.15, 0.2) is 0 Å².